The highest BCUT2D eigenvalue weighted by molar-refractivity contribution is 9.10. The number of halogens is 1. The van der Waals surface area contributed by atoms with Crippen molar-refractivity contribution in [3.8, 4) is 0 Å². The van der Waals surface area contributed by atoms with Crippen LogP contribution < -0.4 is 5.32 Å². The number of fused-ring (bicyclic) bond motifs is 2. The molecule has 21 heavy (non-hydrogen) atoms. The summed E-state index contributed by atoms with van der Waals surface area (Å²) in [6.45, 7) is 8.34. The lowest BCUT2D eigenvalue weighted by atomic mass is 10.1. The highest BCUT2D eigenvalue weighted by Crippen LogP contribution is 2.36. The molecule has 3 heteroatoms. The first-order valence-electron chi connectivity index (χ1n) is 7.38. The van der Waals surface area contributed by atoms with Gasteiger partial charge in [-0.2, -0.15) is 0 Å². The lowest BCUT2D eigenvalue weighted by molar-refractivity contribution is 0.482. The van der Waals surface area contributed by atoms with E-state index in [1.54, 1.807) is 0 Å². The lowest BCUT2D eigenvalue weighted by Gasteiger charge is -2.05. The normalized spacial score (nSPS) is 11.9. The molecule has 0 aliphatic carbocycles. The van der Waals surface area contributed by atoms with Crippen LogP contribution in [-0.4, -0.2) is 6.54 Å². The Morgan fingerprint density at radius 3 is 2.71 bits per heavy atom. The summed E-state index contributed by atoms with van der Waals surface area (Å²) in [6.07, 6.45) is 0. The summed E-state index contributed by atoms with van der Waals surface area (Å²) in [7, 11) is 0. The number of benzene rings is 2. The van der Waals surface area contributed by atoms with Gasteiger partial charge in [0.25, 0.3) is 0 Å². The van der Waals surface area contributed by atoms with Crippen molar-refractivity contribution in [2.75, 3.05) is 6.54 Å². The van der Waals surface area contributed by atoms with Crippen LogP contribution in [-0.2, 0) is 6.54 Å². The van der Waals surface area contributed by atoms with Crippen LogP contribution in [0.25, 0.3) is 21.7 Å². The average Bonchev–Trinajstić information content (AvgIpc) is 2.77. The fourth-order valence-corrected chi connectivity index (χ4v) is 3.31. The van der Waals surface area contributed by atoms with Crippen molar-refractivity contribution in [3.05, 3.63) is 46.1 Å². The highest BCUT2D eigenvalue weighted by Gasteiger charge is 2.15. The van der Waals surface area contributed by atoms with Gasteiger partial charge in [0.15, 0.2) is 0 Å². The number of rotatable bonds is 4. The number of aryl methyl sites for hydroxylation is 1. The summed E-state index contributed by atoms with van der Waals surface area (Å²) in [5.74, 6) is 1.67. The van der Waals surface area contributed by atoms with Crippen molar-refractivity contribution in [3.63, 3.8) is 0 Å². The Balaban J connectivity index is 2.06. The van der Waals surface area contributed by atoms with Crippen LogP contribution in [0, 0.1) is 12.8 Å². The number of hydrogen-bond acceptors (Lipinski definition) is 2. The Morgan fingerprint density at radius 2 is 1.95 bits per heavy atom. The van der Waals surface area contributed by atoms with Gasteiger partial charge in [0.1, 0.15) is 11.3 Å². The maximum Gasteiger partial charge on any atom is 0.149 e. The molecule has 0 bridgehead atoms. The fourth-order valence-electron chi connectivity index (χ4n) is 2.66. The van der Waals surface area contributed by atoms with Crippen molar-refractivity contribution in [2.45, 2.75) is 27.3 Å². The molecule has 0 amide bonds. The Bertz CT molecular complexity index is 789. The van der Waals surface area contributed by atoms with Crippen LogP contribution in [0.1, 0.15) is 25.2 Å². The fraction of sp³-hybridized carbons (Fsp3) is 0.333. The molecule has 0 unspecified atom stereocenters. The predicted molar refractivity (Wildman–Crippen MR) is 92.7 cm³/mol. The molecule has 2 nitrogen and oxygen atoms in total. The summed E-state index contributed by atoms with van der Waals surface area (Å²) in [5.41, 5.74) is 2.18. The minimum absolute atomic E-state index is 0.643. The quantitative estimate of drug-likeness (QED) is 0.684. The van der Waals surface area contributed by atoms with Gasteiger partial charge < -0.3 is 9.73 Å². The van der Waals surface area contributed by atoms with Gasteiger partial charge in [-0.05, 0) is 57.7 Å². The van der Waals surface area contributed by atoms with Crippen molar-refractivity contribution in [2.24, 2.45) is 5.92 Å². The Hall–Kier alpha value is -1.32. The number of hydrogen-bond donors (Lipinski definition) is 1. The second-order valence-corrected chi connectivity index (χ2v) is 6.76. The average molecular weight is 346 g/mol. The zero-order valence-electron chi connectivity index (χ0n) is 12.7. The molecule has 110 valence electrons. The summed E-state index contributed by atoms with van der Waals surface area (Å²) in [5, 5.41) is 7.08. The third kappa shape index (κ3) is 2.72. The molecule has 0 saturated heterocycles. The molecule has 1 heterocycles. The molecule has 0 saturated carbocycles. The van der Waals surface area contributed by atoms with Crippen LogP contribution in [0.4, 0.5) is 0 Å². The number of nitrogens with one attached hydrogen (secondary N) is 1. The summed E-state index contributed by atoms with van der Waals surface area (Å²) >= 11 is 3.71. The largest absolute Gasteiger partial charge is 0.458 e. The molecule has 1 aromatic heterocycles. The van der Waals surface area contributed by atoms with E-state index < -0.39 is 0 Å². The lowest BCUT2D eigenvalue weighted by Crippen LogP contribution is -2.18. The van der Waals surface area contributed by atoms with E-state index >= 15 is 0 Å². The van der Waals surface area contributed by atoms with E-state index in [2.05, 4.69) is 72.3 Å². The molecule has 1 N–H and O–H groups in total. The Labute approximate surface area is 133 Å². The maximum atomic E-state index is 6.11. The molecule has 0 aliphatic rings. The zero-order valence-corrected chi connectivity index (χ0v) is 14.3. The van der Waals surface area contributed by atoms with Gasteiger partial charge in [0, 0.05) is 5.39 Å². The minimum atomic E-state index is 0.643. The minimum Gasteiger partial charge on any atom is -0.458 e. The zero-order chi connectivity index (χ0) is 15.0. The molecule has 0 fully saturated rings. The van der Waals surface area contributed by atoms with Crippen LogP contribution in [0.15, 0.2) is 39.2 Å². The Kier molecular flexibility index (Phi) is 4.05. The van der Waals surface area contributed by atoms with E-state index in [4.69, 9.17) is 4.42 Å². The monoisotopic (exact) mass is 345 g/mol. The van der Waals surface area contributed by atoms with E-state index in [0.29, 0.717) is 5.92 Å². The van der Waals surface area contributed by atoms with Crippen molar-refractivity contribution in [1.29, 1.82) is 0 Å². The molecule has 3 aromatic rings. The molecule has 0 spiro atoms. The highest BCUT2D eigenvalue weighted by atomic mass is 79.9. The first-order chi connectivity index (χ1) is 10.1. The van der Waals surface area contributed by atoms with E-state index in [-0.39, 0.29) is 0 Å². The van der Waals surface area contributed by atoms with Crippen molar-refractivity contribution in [1.82, 2.24) is 5.32 Å². The third-order valence-electron chi connectivity index (χ3n) is 3.83. The molecule has 0 radical (unpaired) electrons. The molecule has 0 atom stereocenters. The van der Waals surface area contributed by atoms with Crippen LogP contribution in [0.2, 0.25) is 0 Å². The third-order valence-corrected chi connectivity index (χ3v) is 4.61. The smallest absolute Gasteiger partial charge is 0.149 e. The van der Waals surface area contributed by atoms with E-state index in [1.807, 2.05) is 0 Å². The van der Waals surface area contributed by atoms with Gasteiger partial charge in [0.2, 0.25) is 0 Å². The Morgan fingerprint density at radius 1 is 1.19 bits per heavy atom. The first-order valence-corrected chi connectivity index (χ1v) is 8.17. The second kappa shape index (κ2) is 5.82. The van der Waals surface area contributed by atoms with Crippen molar-refractivity contribution < 1.29 is 4.42 Å². The first kappa shape index (κ1) is 14.6. The van der Waals surface area contributed by atoms with Crippen molar-refractivity contribution >= 4 is 37.7 Å². The van der Waals surface area contributed by atoms with Crippen LogP contribution in [0.3, 0.4) is 0 Å². The summed E-state index contributed by atoms with van der Waals surface area (Å²) < 4.78 is 7.16. The van der Waals surface area contributed by atoms with Gasteiger partial charge in [-0.1, -0.05) is 38.1 Å². The van der Waals surface area contributed by atoms with E-state index in [1.165, 1.54) is 21.7 Å². The van der Waals surface area contributed by atoms with E-state index in [9.17, 15) is 0 Å². The van der Waals surface area contributed by atoms with E-state index in [0.717, 1.165) is 28.9 Å². The van der Waals surface area contributed by atoms with Gasteiger partial charge in [-0.3, -0.25) is 0 Å². The van der Waals surface area contributed by atoms with Crippen LogP contribution in [0.5, 0.6) is 0 Å². The second-order valence-electron chi connectivity index (χ2n) is 5.96. The summed E-state index contributed by atoms with van der Waals surface area (Å²) in [4.78, 5) is 0. The van der Waals surface area contributed by atoms with Gasteiger partial charge >= 0.3 is 0 Å². The van der Waals surface area contributed by atoms with Gasteiger partial charge in [0.05, 0.1) is 11.0 Å². The standard InChI is InChI=1S/C18H20BrNO/c1-11(2)9-20-10-16-12(3)15-8-13-6-4-5-7-14(13)17(19)18(15)21-16/h4-8,11,20H,9-10H2,1-3H3. The maximum absolute atomic E-state index is 6.11. The molecular formula is C18H20BrNO. The van der Waals surface area contributed by atoms with Crippen LogP contribution >= 0.6 is 15.9 Å². The SMILES string of the molecule is Cc1c(CNCC(C)C)oc2c(Br)c3ccccc3cc12. The number of furan rings is 1. The molecule has 2 aromatic carbocycles. The summed E-state index contributed by atoms with van der Waals surface area (Å²) in [6, 6.07) is 10.6. The van der Waals surface area contributed by atoms with Gasteiger partial charge in [-0.15, -0.1) is 0 Å². The van der Waals surface area contributed by atoms with Gasteiger partial charge in [-0.25, -0.2) is 0 Å². The molecule has 0 aliphatic heterocycles. The predicted octanol–water partition coefficient (Wildman–Crippen LogP) is 5.40. The molecule has 3 rings (SSSR count). The molecular weight excluding hydrogens is 326 g/mol. The topological polar surface area (TPSA) is 25.2 Å².